The smallest absolute Gasteiger partial charge is 0.0494 e. The third kappa shape index (κ3) is 2.00. The van der Waals surface area contributed by atoms with Gasteiger partial charge in [-0.05, 0) is 79.6 Å². The van der Waals surface area contributed by atoms with E-state index >= 15 is 0 Å². The SMILES string of the molecule is BrC(CC12CC3CC(CC(C3)C1)C2)c1cccs1. The Balaban J connectivity index is 1.54. The molecule has 4 bridgehead atoms. The van der Waals surface area contributed by atoms with Crippen molar-refractivity contribution in [3.8, 4) is 0 Å². The summed E-state index contributed by atoms with van der Waals surface area (Å²) in [7, 11) is 0. The fourth-order valence-electron chi connectivity index (χ4n) is 5.49. The Labute approximate surface area is 122 Å². The monoisotopic (exact) mass is 324 g/mol. The van der Waals surface area contributed by atoms with Crippen molar-refractivity contribution in [3.63, 3.8) is 0 Å². The number of alkyl halides is 1. The lowest BCUT2D eigenvalue weighted by Gasteiger charge is -2.57. The van der Waals surface area contributed by atoms with Crippen LogP contribution in [0.3, 0.4) is 0 Å². The second-order valence-electron chi connectivity index (χ2n) is 7.10. The molecular weight excluding hydrogens is 304 g/mol. The largest absolute Gasteiger partial charge is 0.148 e. The fraction of sp³-hybridized carbons (Fsp3) is 0.750. The van der Waals surface area contributed by atoms with Gasteiger partial charge in [-0.15, -0.1) is 11.3 Å². The van der Waals surface area contributed by atoms with Gasteiger partial charge in [-0.1, -0.05) is 22.0 Å². The number of hydrogen-bond donors (Lipinski definition) is 0. The summed E-state index contributed by atoms with van der Waals surface area (Å²) < 4.78 is 0. The second-order valence-corrected chi connectivity index (χ2v) is 9.19. The van der Waals surface area contributed by atoms with E-state index in [1.165, 1.54) is 30.6 Å². The van der Waals surface area contributed by atoms with Crippen molar-refractivity contribution < 1.29 is 0 Å². The first-order valence-electron chi connectivity index (χ1n) is 7.40. The van der Waals surface area contributed by atoms with Crippen LogP contribution < -0.4 is 0 Å². The lowest BCUT2D eigenvalue weighted by molar-refractivity contribution is -0.0570. The van der Waals surface area contributed by atoms with Gasteiger partial charge in [-0.3, -0.25) is 0 Å². The lowest BCUT2D eigenvalue weighted by atomic mass is 9.48. The van der Waals surface area contributed by atoms with Crippen molar-refractivity contribution in [1.29, 1.82) is 0 Å². The first kappa shape index (κ1) is 12.0. The van der Waals surface area contributed by atoms with Gasteiger partial charge in [0.25, 0.3) is 0 Å². The van der Waals surface area contributed by atoms with Crippen LogP contribution in [0, 0.1) is 23.2 Å². The van der Waals surface area contributed by atoms with E-state index in [1.807, 2.05) is 11.3 Å². The standard InChI is InChI=1S/C16H21BrS/c17-14(15-2-1-3-18-15)10-16-7-11-4-12(8-16)6-13(5-11)9-16/h1-3,11-14H,4-10H2. The maximum absolute atomic E-state index is 3.97. The van der Waals surface area contributed by atoms with E-state index < -0.39 is 0 Å². The van der Waals surface area contributed by atoms with Crippen LogP contribution in [0.2, 0.25) is 0 Å². The highest BCUT2D eigenvalue weighted by atomic mass is 79.9. The maximum atomic E-state index is 3.97. The summed E-state index contributed by atoms with van der Waals surface area (Å²) in [5.41, 5.74) is 0.701. The summed E-state index contributed by atoms with van der Waals surface area (Å²) in [6.45, 7) is 0. The summed E-state index contributed by atoms with van der Waals surface area (Å²) in [5, 5.41) is 2.21. The molecule has 0 saturated heterocycles. The van der Waals surface area contributed by atoms with E-state index in [-0.39, 0.29) is 0 Å². The molecule has 18 heavy (non-hydrogen) atoms. The van der Waals surface area contributed by atoms with E-state index in [2.05, 4.69) is 33.4 Å². The van der Waals surface area contributed by atoms with E-state index in [9.17, 15) is 0 Å². The van der Waals surface area contributed by atoms with Crippen LogP contribution in [-0.4, -0.2) is 0 Å². The zero-order valence-corrected chi connectivity index (χ0v) is 13.2. The second kappa shape index (κ2) is 4.34. The molecule has 4 aliphatic carbocycles. The van der Waals surface area contributed by atoms with Crippen LogP contribution >= 0.6 is 27.3 Å². The molecule has 5 rings (SSSR count). The zero-order valence-electron chi connectivity index (χ0n) is 10.8. The van der Waals surface area contributed by atoms with Gasteiger partial charge in [-0.2, -0.15) is 0 Å². The summed E-state index contributed by atoms with van der Waals surface area (Å²) in [4.78, 5) is 2.14. The molecule has 4 aliphatic rings. The van der Waals surface area contributed by atoms with Crippen LogP contribution in [0.4, 0.5) is 0 Å². The molecular formula is C16H21BrS. The van der Waals surface area contributed by atoms with Crippen LogP contribution in [0.5, 0.6) is 0 Å². The molecule has 0 N–H and O–H groups in total. The van der Waals surface area contributed by atoms with Crippen LogP contribution in [0.1, 0.15) is 54.7 Å². The van der Waals surface area contributed by atoms with Crippen molar-refractivity contribution in [2.45, 2.75) is 49.8 Å². The highest BCUT2D eigenvalue weighted by Crippen LogP contribution is 2.63. The Hall–Kier alpha value is 0.180. The highest BCUT2D eigenvalue weighted by Gasteiger charge is 2.51. The Morgan fingerprint density at radius 3 is 2.28 bits per heavy atom. The minimum atomic E-state index is 0.605. The van der Waals surface area contributed by atoms with Crippen molar-refractivity contribution in [2.75, 3.05) is 0 Å². The topological polar surface area (TPSA) is 0 Å². The van der Waals surface area contributed by atoms with Gasteiger partial charge in [0, 0.05) is 9.70 Å². The summed E-state index contributed by atoms with van der Waals surface area (Å²) >= 11 is 5.88. The van der Waals surface area contributed by atoms with Crippen molar-refractivity contribution in [3.05, 3.63) is 22.4 Å². The van der Waals surface area contributed by atoms with Crippen molar-refractivity contribution in [1.82, 2.24) is 0 Å². The Morgan fingerprint density at radius 2 is 1.78 bits per heavy atom. The Kier molecular flexibility index (Phi) is 2.89. The molecule has 1 atom stereocenters. The van der Waals surface area contributed by atoms with Crippen LogP contribution in [0.15, 0.2) is 17.5 Å². The first-order valence-corrected chi connectivity index (χ1v) is 9.19. The van der Waals surface area contributed by atoms with E-state index in [0.717, 1.165) is 17.8 Å². The Morgan fingerprint density at radius 1 is 1.17 bits per heavy atom. The molecule has 2 heteroatoms. The summed E-state index contributed by atoms with van der Waals surface area (Å²) in [5.74, 6) is 3.25. The average molecular weight is 325 g/mol. The fourth-order valence-corrected chi connectivity index (χ4v) is 7.36. The third-order valence-electron chi connectivity index (χ3n) is 5.63. The molecule has 1 aromatic heterocycles. The first-order chi connectivity index (χ1) is 8.72. The molecule has 0 aromatic carbocycles. The van der Waals surface area contributed by atoms with E-state index in [0.29, 0.717) is 10.2 Å². The molecule has 0 spiro atoms. The van der Waals surface area contributed by atoms with Gasteiger partial charge < -0.3 is 0 Å². The van der Waals surface area contributed by atoms with E-state index in [4.69, 9.17) is 0 Å². The van der Waals surface area contributed by atoms with Gasteiger partial charge >= 0.3 is 0 Å². The molecule has 0 amide bonds. The minimum absolute atomic E-state index is 0.605. The molecule has 0 radical (unpaired) electrons. The summed E-state index contributed by atoms with van der Waals surface area (Å²) in [6.07, 6.45) is 10.7. The maximum Gasteiger partial charge on any atom is 0.0494 e. The van der Waals surface area contributed by atoms with Crippen LogP contribution in [0.25, 0.3) is 0 Å². The van der Waals surface area contributed by atoms with Gasteiger partial charge in [-0.25, -0.2) is 0 Å². The predicted molar refractivity (Wildman–Crippen MR) is 81.2 cm³/mol. The summed E-state index contributed by atoms with van der Waals surface area (Å²) in [6, 6.07) is 4.48. The number of thiophene rings is 1. The van der Waals surface area contributed by atoms with Gasteiger partial charge in [0.05, 0.1) is 0 Å². The highest BCUT2D eigenvalue weighted by molar-refractivity contribution is 9.09. The molecule has 98 valence electrons. The molecule has 1 heterocycles. The van der Waals surface area contributed by atoms with Crippen molar-refractivity contribution >= 4 is 27.3 Å². The van der Waals surface area contributed by atoms with Gasteiger partial charge in [0.1, 0.15) is 0 Å². The molecule has 4 fully saturated rings. The normalized spacial score (nSPS) is 43.3. The molecule has 1 unspecified atom stereocenters. The predicted octanol–water partition coefficient (Wildman–Crippen LogP) is 5.79. The van der Waals surface area contributed by atoms with Crippen molar-refractivity contribution in [2.24, 2.45) is 23.2 Å². The third-order valence-corrected chi connectivity index (χ3v) is 7.74. The average Bonchev–Trinajstić information content (AvgIpc) is 2.79. The minimum Gasteiger partial charge on any atom is -0.148 e. The van der Waals surface area contributed by atoms with Gasteiger partial charge in [0.2, 0.25) is 0 Å². The molecule has 0 nitrogen and oxygen atoms in total. The quantitative estimate of drug-likeness (QED) is 0.617. The van der Waals surface area contributed by atoms with Gasteiger partial charge in [0.15, 0.2) is 0 Å². The number of hydrogen-bond acceptors (Lipinski definition) is 1. The zero-order chi connectivity index (χ0) is 12.2. The number of rotatable bonds is 3. The molecule has 4 saturated carbocycles. The lowest BCUT2D eigenvalue weighted by Crippen LogP contribution is -2.46. The Bertz CT molecular complexity index is 387. The molecule has 0 aliphatic heterocycles. The van der Waals surface area contributed by atoms with Crippen LogP contribution in [-0.2, 0) is 0 Å². The molecule has 1 aromatic rings. The number of halogens is 1. The van der Waals surface area contributed by atoms with E-state index in [1.54, 1.807) is 19.3 Å².